The van der Waals surface area contributed by atoms with Crippen molar-refractivity contribution in [3.63, 3.8) is 0 Å². The molecule has 2 N–H and O–H groups in total. The number of hydrogen-bond acceptors (Lipinski definition) is 6. The number of carbonyl (C=O) groups excluding carboxylic acids is 1. The summed E-state index contributed by atoms with van der Waals surface area (Å²) in [6, 6.07) is -0.902. The van der Waals surface area contributed by atoms with Crippen LogP contribution in [0.5, 0.6) is 0 Å². The minimum atomic E-state index is -4.60. The molecule has 0 saturated carbocycles. The second-order valence-electron chi connectivity index (χ2n) is 18.5. The molecular weight excluding hydrogens is 792 g/mol. The molecule has 0 spiro atoms. The van der Waals surface area contributed by atoms with Gasteiger partial charge in [0.15, 0.2) is 0 Å². The predicted molar refractivity (Wildman–Crippen MR) is 265 cm³/mol. The van der Waals surface area contributed by atoms with Crippen LogP contribution in [0.3, 0.4) is 0 Å². The predicted octanol–water partition coefficient (Wildman–Crippen LogP) is 14.3. The quantitative estimate of drug-likeness (QED) is 0.0273. The first-order valence-electron chi connectivity index (χ1n) is 25.7. The Hall–Kier alpha value is -1.80. The van der Waals surface area contributed by atoms with E-state index in [9.17, 15) is 19.4 Å². The van der Waals surface area contributed by atoms with Crippen molar-refractivity contribution in [1.29, 1.82) is 0 Å². The van der Waals surface area contributed by atoms with E-state index >= 15 is 0 Å². The molecule has 3 atom stereocenters. The first-order chi connectivity index (χ1) is 30.0. The Bertz CT molecular complexity index is 1190. The number of carbonyl (C=O) groups is 1. The topological polar surface area (TPSA) is 108 Å². The number of amides is 1. The molecule has 3 unspecified atom stereocenters. The number of likely N-dealkylation sites (N-methyl/N-ethyl adjacent to an activating group) is 1. The molecule has 0 aromatic heterocycles. The van der Waals surface area contributed by atoms with Gasteiger partial charge < -0.3 is 28.8 Å². The third-order valence-electron chi connectivity index (χ3n) is 11.2. The van der Waals surface area contributed by atoms with Gasteiger partial charge in [0.05, 0.1) is 39.9 Å². The number of allylic oxidation sites excluding steroid dienone is 9. The lowest BCUT2D eigenvalue weighted by Crippen LogP contribution is -2.45. The van der Waals surface area contributed by atoms with Crippen LogP contribution >= 0.6 is 7.82 Å². The first-order valence-corrected chi connectivity index (χ1v) is 27.1. The molecule has 0 aliphatic carbocycles. The molecule has 62 heavy (non-hydrogen) atoms. The SMILES string of the molecule is CC/C=C\C/C=C\C/C=C\C/C=C\CCCCCCC(=O)NC(COP(=O)([O-])OCC[N+](C)(C)C)C(O)/C=C/CCCCCCCCCCCCCCCCCCCCCCC. The largest absolute Gasteiger partial charge is 0.756 e. The van der Waals surface area contributed by atoms with E-state index in [4.69, 9.17) is 9.05 Å². The molecular formula is C53H99N2O6P. The Morgan fingerprint density at radius 2 is 0.984 bits per heavy atom. The highest BCUT2D eigenvalue weighted by Gasteiger charge is 2.23. The zero-order valence-electron chi connectivity index (χ0n) is 41.1. The maximum Gasteiger partial charge on any atom is 0.268 e. The second kappa shape index (κ2) is 44.4. The summed E-state index contributed by atoms with van der Waals surface area (Å²) in [5.41, 5.74) is 0. The van der Waals surface area contributed by atoms with Crippen molar-refractivity contribution in [2.24, 2.45) is 0 Å². The molecule has 0 rings (SSSR count). The third kappa shape index (κ3) is 46.2. The lowest BCUT2D eigenvalue weighted by molar-refractivity contribution is -0.870. The Labute approximate surface area is 383 Å². The molecule has 0 heterocycles. The highest BCUT2D eigenvalue weighted by atomic mass is 31.2. The number of nitrogens with one attached hydrogen (secondary N) is 1. The number of aliphatic hydroxyl groups is 1. The number of aliphatic hydroxyl groups excluding tert-OH is 1. The molecule has 1 amide bonds. The minimum absolute atomic E-state index is 0.00838. The van der Waals surface area contributed by atoms with Gasteiger partial charge in [-0.2, -0.15) is 0 Å². The van der Waals surface area contributed by atoms with Crippen molar-refractivity contribution in [1.82, 2.24) is 5.32 Å². The molecule has 362 valence electrons. The van der Waals surface area contributed by atoms with Crippen molar-refractivity contribution in [2.75, 3.05) is 40.9 Å². The maximum absolute atomic E-state index is 12.9. The van der Waals surface area contributed by atoms with Gasteiger partial charge >= 0.3 is 0 Å². The maximum atomic E-state index is 12.9. The van der Waals surface area contributed by atoms with E-state index in [1.807, 2.05) is 27.2 Å². The highest BCUT2D eigenvalue weighted by Crippen LogP contribution is 2.38. The molecule has 0 bridgehead atoms. The average molecular weight is 891 g/mol. The van der Waals surface area contributed by atoms with Crippen molar-refractivity contribution >= 4 is 13.7 Å². The molecule has 0 aromatic carbocycles. The fraction of sp³-hybridized carbons (Fsp3) is 0.792. The molecule has 0 aliphatic heterocycles. The molecule has 0 saturated heterocycles. The molecule has 9 heteroatoms. The fourth-order valence-electron chi connectivity index (χ4n) is 7.20. The van der Waals surface area contributed by atoms with E-state index in [1.54, 1.807) is 6.08 Å². The van der Waals surface area contributed by atoms with Gasteiger partial charge in [0.2, 0.25) is 5.91 Å². The van der Waals surface area contributed by atoms with Crippen molar-refractivity contribution < 1.29 is 32.9 Å². The number of phosphoric ester groups is 1. The Morgan fingerprint density at radius 1 is 0.581 bits per heavy atom. The molecule has 0 fully saturated rings. The summed E-state index contributed by atoms with van der Waals surface area (Å²) in [5.74, 6) is -0.221. The van der Waals surface area contributed by atoms with Crippen LogP contribution in [0.15, 0.2) is 60.8 Å². The van der Waals surface area contributed by atoms with Crippen molar-refractivity contribution in [3.8, 4) is 0 Å². The number of phosphoric acid groups is 1. The van der Waals surface area contributed by atoms with Gasteiger partial charge in [0, 0.05) is 6.42 Å². The van der Waals surface area contributed by atoms with Crippen LogP contribution in [-0.2, 0) is 18.4 Å². The first kappa shape index (κ1) is 60.2. The van der Waals surface area contributed by atoms with E-state index in [2.05, 4.69) is 67.8 Å². The van der Waals surface area contributed by atoms with Gasteiger partial charge in [0.1, 0.15) is 13.2 Å². The average Bonchev–Trinajstić information content (AvgIpc) is 3.23. The van der Waals surface area contributed by atoms with Crippen LogP contribution < -0.4 is 10.2 Å². The number of hydrogen-bond donors (Lipinski definition) is 2. The monoisotopic (exact) mass is 891 g/mol. The Balaban J connectivity index is 4.34. The van der Waals surface area contributed by atoms with Gasteiger partial charge in [-0.1, -0.05) is 216 Å². The van der Waals surface area contributed by atoms with Crippen molar-refractivity contribution in [2.45, 2.75) is 231 Å². The summed E-state index contributed by atoms with van der Waals surface area (Å²) >= 11 is 0. The number of unbranched alkanes of at least 4 members (excludes halogenated alkanes) is 25. The zero-order valence-corrected chi connectivity index (χ0v) is 42.0. The smallest absolute Gasteiger partial charge is 0.268 e. The lowest BCUT2D eigenvalue weighted by atomic mass is 10.0. The minimum Gasteiger partial charge on any atom is -0.756 e. The standard InChI is InChI=1S/C53H99N2O6P/c1-6-8-10-12-14-16-18-20-22-24-25-26-27-28-29-31-32-34-36-38-40-42-44-46-52(56)51(50-61-62(58,59)60-49-48-55(3,4)5)54-53(57)47-45-43-41-39-37-35-33-30-23-21-19-17-15-13-11-9-7-2/h9,11,15,17,21,23,33,35,44,46,51-52,56H,6-8,10,12-14,16,18-20,22,24-32,34,36-43,45,47-50H2,1-5H3,(H-,54,57,58,59)/b11-9-,17-15-,23-21-,35-33-,46-44+. The van der Waals surface area contributed by atoms with E-state index < -0.39 is 26.6 Å². The summed E-state index contributed by atoms with van der Waals surface area (Å²) in [4.78, 5) is 25.4. The number of nitrogens with zero attached hydrogens (tertiary/aromatic N) is 1. The summed E-state index contributed by atoms with van der Waals surface area (Å²) in [6.07, 6.45) is 58.5. The number of quaternary nitrogens is 1. The second-order valence-corrected chi connectivity index (χ2v) is 19.9. The molecule has 0 aromatic rings. The normalized spacial score (nSPS) is 14.6. The van der Waals surface area contributed by atoms with E-state index in [0.29, 0.717) is 17.4 Å². The van der Waals surface area contributed by atoms with Crippen LogP contribution in [0, 0.1) is 0 Å². The van der Waals surface area contributed by atoms with Crippen LogP contribution in [0.1, 0.15) is 219 Å². The van der Waals surface area contributed by atoms with Crippen LogP contribution in [0.25, 0.3) is 0 Å². The van der Waals surface area contributed by atoms with Gasteiger partial charge in [-0.15, -0.1) is 0 Å². The Kier molecular flexibility index (Phi) is 43.1. The summed E-state index contributed by atoms with van der Waals surface area (Å²) in [5, 5.41) is 13.8. The Morgan fingerprint density at radius 3 is 1.44 bits per heavy atom. The summed E-state index contributed by atoms with van der Waals surface area (Å²) < 4.78 is 23.3. The van der Waals surface area contributed by atoms with Gasteiger partial charge in [0.25, 0.3) is 7.82 Å². The highest BCUT2D eigenvalue weighted by molar-refractivity contribution is 7.45. The third-order valence-corrected chi connectivity index (χ3v) is 12.2. The van der Waals surface area contributed by atoms with Gasteiger partial charge in [-0.05, 0) is 57.8 Å². The van der Waals surface area contributed by atoms with Crippen LogP contribution in [-0.4, -0.2) is 68.5 Å². The zero-order chi connectivity index (χ0) is 45.7. The molecule has 8 nitrogen and oxygen atoms in total. The lowest BCUT2D eigenvalue weighted by Gasteiger charge is -2.29. The van der Waals surface area contributed by atoms with Gasteiger partial charge in [-0.3, -0.25) is 9.36 Å². The summed E-state index contributed by atoms with van der Waals surface area (Å²) in [6.45, 7) is 4.52. The summed E-state index contributed by atoms with van der Waals surface area (Å²) in [7, 11) is 1.24. The molecule has 0 aliphatic rings. The van der Waals surface area contributed by atoms with Crippen LogP contribution in [0.4, 0.5) is 0 Å². The van der Waals surface area contributed by atoms with Gasteiger partial charge in [-0.25, -0.2) is 0 Å². The fourth-order valence-corrected chi connectivity index (χ4v) is 7.93. The van der Waals surface area contributed by atoms with E-state index in [-0.39, 0.29) is 12.5 Å². The van der Waals surface area contributed by atoms with Crippen molar-refractivity contribution in [3.05, 3.63) is 60.8 Å². The van der Waals surface area contributed by atoms with Crippen LogP contribution in [0.2, 0.25) is 0 Å². The number of rotatable bonds is 46. The molecule has 0 radical (unpaired) electrons. The van der Waals surface area contributed by atoms with E-state index in [0.717, 1.165) is 77.0 Å². The van der Waals surface area contributed by atoms with E-state index in [1.165, 1.54) is 122 Å².